The van der Waals surface area contributed by atoms with E-state index in [2.05, 4.69) is 49.7 Å². The van der Waals surface area contributed by atoms with Crippen LogP contribution in [-0.4, -0.2) is 17.6 Å². The standard InChI is InChI=1S/C18H27N3/c1-5-14(6-2)21(12-13(3)4)17-10-11-20-18-15(17)8-7-9-16(18)19/h7-11,13-14H,5-6,12,19H2,1-4H3. The summed E-state index contributed by atoms with van der Waals surface area (Å²) in [5, 5.41) is 1.16. The number of hydrogen-bond acceptors (Lipinski definition) is 3. The number of pyridine rings is 1. The Bertz CT molecular complexity index is 588. The van der Waals surface area contributed by atoms with Gasteiger partial charge in [-0.05, 0) is 30.9 Å². The molecule has 0 amide bonds. The molecule has 2 rings (SSSR count). The normalized spacial score (nSPS) is 11.5. The molecule has 3 nitrogen and oxygen atoms in total. The highest BCUT2D eigenvalue weighted by Crippen LogP contribution is 2.31. The molecule has 0 saturated carbocycles. The molecule has 1 heterocycles. The van der Waals surface area contributed by atoms with Gasteiger partial charge in [-0.1, -0.05) is 39.8 Å². The summed E-state index contributed by atoms with van der Waals surface area (Å²) in [6.45, 7) is 10.1. The van der Waals surface area contributed by atoms with Crippen molar-refractivity contribution in [2.75, 3.05) is 17.2 Å². The predicted octanol–water partition coefficient (Wildman–Crippen LogP) is 4.47. The Labute approximate surface area is 128 Å². The van der Waals surface area contributed by atoms with E-state index in [0.29, 0.717) is 12.0 Å². The van der Waals surface area contributed by atoms with Crippen LogP contribution in [0.2, 0.25) is 0 Å². The number of nitrogens with zero attached hydrogens (tertiary/aromatic N) is 2. The summed E-state index contributed by atoms with van der Waals surface area (Å²) >= 11 is 0. The highest BCUT2D eigenvalue weighted by Gasteiger charge is 2.19. The molecule has 0 radical (unpaired) electrons. The van der Waals surface area contributed by atoms with E-state index in [9.17, 15) is 0 Å². The number of benzene rings is 1. The van der Waals surface area contributed by atoms with Gasteiger partial charge >= 0.3 is 0 Å². The van der Waals surface area contributed by atoms with E-state index in [1.807, 2.05) is 18.3 Å². The van der Waals surface area contributed by atoms with Gasteiger partial charge in [0.05, 0.1) is 11.2 Å². The van der Waals surface area contributed by atoms with Gasteiger partial charge in [0.2, 0.25) is 0 Å². The van der Waals surface area contributed by atoms with Crippen molar-refractivity contribution in [1.82, 2.24) is 4.98 Å². The topological polar surface area (TPSA) is 42.2 Å². The number of anilines is 2. The number of nitrogens with two attached hydrogens (primary N) is 1. The first-order valence-electron chi connectivity index (χ1n) is 7.98. The molecule has 2 N–H and O–H groups in total. The maximum absolute atomic E-state index is 6.09. The van der Waals surface area contributed by atoms with Crippen LogP contribution in [0.15, 0.2) is 30.5 Å². The fourth-order valence-corrected chi connectivity index (χ4v) is 3.00. The highest BCUT2D eigenvalue weighted by molar-refractivity contribution is 5.98. The predicted molar refractivity (Wildman–Crippen MR) is 92.7 cm³/mol. The zero-order chi connectivity index (χ0) is 15.4. The van der Waals surface area contributed by atoms with Crippen molar-refractivity contribution in [3.8, 4) is 0 Å². The molecular weight excluding hydrogens is 258 g/mol. The van der Waals surface area contributed by atoms with Gasteiger partial charge in [-0.3, -0.25) is 4.98 Å². The Hall–Kier alpha value is -1.77. The fraction of sp³-hybridized carbons (Fsp3) is 0.500. The van der Waals surface area contributed by atoms with Gasteiger partial charge in [-0.25, -0.2) is 0 Å². The van der Waals surface area contributed by atoms with Crippen molar-refractivity contribution >= 4 is 22.3 Å². The summed E-state index contributed by atoms with van der Waals surface area (Å²) in [6, 6.07) is 8.75. The van der Waals surface area contributed by atoms with Crippen LogP contribution in [0.5, 0.6) is 0 Å². The van der Waals surface area contributed by atoms with Crippen molar-refractivity contribution in [2.45, 2.75) is 46.6 Å². The molecule has 0 atom stereocenters. The second-order valence-electron chi connectivity index (χ2n) is 6.09. The Morgan fingerprint density at radius 2 is 1.86 bits per heavy atom. The summed E-state index contributed by atoms with van der Waals surface area (Å²) in [5.74, 6) is 0.620. The Morgan fingerprint density at radius 1 is 1.14 bits per heavy atom. The lowest BCUT2D eigenvalue weighted by Crippen LogP contribution is -2.37. The van der Waals surface area contributed by atoms with Crippen LogP contribution in [-0.2, 0) is 0 Å². The first-order valence-corrected chi connectivity index (χ1v) is 7.98. The first-order chi connectivity index (χ1) is 10.1. The van der Waals surface area contributed by atoms with Gasteiger partial charge in [0, 0.05) is 29.9 Å². The second kappa shape index (κ2) is 6.79. The second-order valence-corrected chi connectivity index (χ2v) is 6.09. The van der Waals surface area contributed by atoms with Crippen LogP contribution in [0.4, 0.5) is 11.4 Å². The SMILES string of the molecule is CCC(CC)N(CC(C)C)c1ccnc2c(N)cccc12. The first kappa shape index (κ1) is 15.6. The molecule has 0 fully saturated rings. The van der Waals surface area contributed by atoms with E-state index in [1.54, 1.807) is 0 Å². The number of fused-ring (bicyclic) bond motifs is 1. The highest BCUT2D eigenvalue weighted by atomic mass is 15.2. The summed E-state index contributed by atoms with van der Waals surface area (Å²) in [4.78, 5) is 7.00. The van der Waals surface area contributed by atoms with Gasteiger partial charge in [0.1, 0.15) is 0 Å². The van der Waals surface area contributed by atoms with Gasteiger partial charge in [0.25, 0.3) is 0 Å². The van der Waals surface area contributed by atoms with Crippen molar-refractivity contribution in [1.29, 1.82) is 0 Å². The van der Waals surface area contributed by atoms with Crippen molar-refractivity contribution in [2.24, 2.45) is 5.92 Å². The molecule has 1 aromatic carbocycles. The van der Waals surface area contributed by atoms with E-state index in [0.717, 1.165) is 36.0 Å². The average Bonchev–Trinajstić information content (AvgIpc) is 2.47. The monoisotopic (exact) mass is 285 g/mol. The van der Waals surface area contributed by atoms with E-state index in [-0.39, 0.29) is 0 Å². The van der Waals surface area contributed by atoms with Crippen molar-refractivity contribution in [3.63, 3.8) is 0 Å². The third-order valence-corrected chi connectivity index (χ3v) is 4.03. The van der Waals surface area contributed by atoms with Crippen LogP contribution >= 0.6 is 0 Å². The summed E-state index contributed by atoms with van der Waals surface area (Å²) in [6.07, 6.45) is 4.18. The number of para-hydroxylation sites is 1. The molecule has 0 bridgehead atoms. The summed E-state index contributed by atoms with van der Waals surface area (Å²) < 4.78 is 0. The van der Waals surface area contributed by atoms with Crippen molar-refractivity contribution in [3.05, 3.63) is 30.5 Å². The minimum Gasteiger partial charge on any atom is -0.397 e. The molecule has 0 spiro atoms. The van der Waals surface area contributed by atoms with E-state index in [1.165, 1.54) is 5.69 Å². The average molecular weight is 285 g/mol. The van der Waals surface area contributed by atoms with Gasteiger partial charge in [-0.15, -0.1) is 0 Å². The maximum atomic E-state index is 6.09. The zero-order valence-corrected chi connectivity index (χ0v) is 13.6. The lowest BCUT2D eigenvalue weighted by molar-refractivity contribution is 0.508. The third kappa shape index (κ3) is 3.29. The molecule has 2 aromatic rings. The van der Waals surface area contributed by atoms with Gasteiger partial charge in [0.15, 0.2) is 0 Å². The largest absolute Gasteiger partial charge is 0.397 e. The number of aromatic nitrogens is 1. The quantitative estimate of drug-likeness (QED) is 0.796. The third-order valence-electron chi connectivity index (χ3n) is 4.03. The van der Waals surface area contributed by atoms with E-state index in [4.69, 9.17) is 5.73 Å². The minimum absolute atomic E-state index is 0.555. The molecule has 3 heteroatoms. The molecule has 21 heavy (non-hydrogen) atoms. The summed E-state index contributed by atoms with van der Waals surface area (Å²) in [7, 11) is 0. The van der Waals surface area contributed by atoms with Crippen LogP contribution in [0, 0.1) is 5.92 Å². The van der Waals surface area contributed by atoms with Crippen LogP contribution < -0.4 is 10.6 Å². The molecule has 0 aliphatic rings. The number of hydrogen-bond donors (Lipinski definition) is 1. The van der Waals surface area contributed by atoms with Crippen LogP contribution in [0.1, 0.15) is 40.5 Å². The van der Waals surface area contributed by atoms with Gasteiger partial charge in [-0.2, -0.15) is 0 Å². The smallest absolute Gasteiger partial charge is 0.0951 e. The lowest BCUT2D eigenvalue weighted by Gasteiger charge is -2.35. The minimum atomic E-state index is 0.555. The Balaban J connectivity index is 2.56. The molecule has 114 valence electrons. The molecule has 0 aliphatic carbocycles. The summed E-state index contributed by atoms with van der Waals surface area (Å²) in [5.41, 5.74) is 9.01. The molecule has 0 aliphatic heterocycles. The molecule has 0 unspecified atom stereocenters. The van der Waals surface area contributed by atoms with Crippen LogP contribution in [0.25, 0.3) is 10.9 Å². The van der Waals surface area contributed by atoms with E-state index >= 15 is 0 Å². The lowest BCUT2D eigenvalue weighted by atomic mass is 10.0. The van der Waals surface area contributed by atoms with E-state index < -0.39 is 0 Å². The van der Waals surface area contributed by atoms with Crippen molar-refractivity contribution < 1.29 is 0 Å². The fourth-order valence-electron chi connectivity index (χ4n) is 3.00. The molecular formula is C18H27N3. The molecule has 0 saturated heterocycles. The van der Waals surface area contributed by atoms with Crippen LogP contribution in [0.3, 0.4) is 0 Å². The number of rotatable bonds is 6. The molecule has 1 aromatic heterocycles. The zero-order valence-electron chi connectivity index (χ0n) is 13.6. The maximum Gasteiger partial charge on any atom is 0.0951 e. The van der Waals surface area contributed by atoms with Gasteiger partial charge < -0.3 is 10.6 Å². The Morgan fingerprint density at radius 3 is 2.48 bits per heavy atom. The number of nitrogen functional groups attached to an aromatic ring is 1. The Kier molecular flexibility index (Phi) is 5.05.